The number of aliphatic carboxylic acids is 1. The summed E-state index contributed by atoms with van der Waals surface area (Å²) in [6, 6.07) is 0. The number of carboxylic acids is 1. The van der Waals surface area contributed by atoms with Crippen molar-refractivity contribution in [1.29, 1.82) is 0 Å². The summed E-state index contributed by atoms with van der Waals surface area (Å²) in [6.07, 6.45) is 5.02. The molecule has 0 heterocycles. The number of carbonyl (C=O) groups is 2. The van der Waals surface area contributed by atoms with Gasteiger partial charge >= 0.3 is 5.97 Å². The second-order valence-electron chi connectivity index (χ2n) is 5.52. The van der Waals surface area contributed by atoms with Crippen LogP contribution in [-0.2, 0) is 9.59 Å². The highest BCUT2D eigenvalue weighted by Crippen LogP contribution is 2.37. The van der Waals surface area contributed by atoms with Crippen molar-refractivity contribution in [3.8, 4) is 0 Å². The quantitative estimate of drug-likeness (QED) is 0.749. The van der Waals surface area contributed by atoms with E-state index in [1.165, 1.54) is 0 Å². The van der Waals surface area contributed by atoms with Crippen LogP contribution in [0.1, 0.15) is 52.4 Å². The standard InChI is InChI=1S/C13H23NO3/c1-10(5-6-11(15)16)9-14-12(17)13(2)7-3-4-8-13/h10H,3-9H2,1-2H3,(H,14,17)(H,15,16). The summed E-state index contributed by atoms with van der Waals surface area (Å²) in [5.74, 6) is -0.414. The third-order valence-electron chi connectivity index (χ3n) is 3.72. The summed E-state index contributed by atoms with van der Waals surface area (Å²) in [6.45, 7) is 4.58. The fourth-order valence-electron chi connectivity index (χ4n) is 2.33. The van der Waals surface area contributed by atoms with Crippen LogP contribution in [-0.4, -0.2) is 23.5 Å². The molecule has 0 aromatic carbocycles. The highest BCUT2D eigenvalue weighted by atomic mass is 16.4. The largest absolute Gasteiger partial charge is 0.481 e. The fourth-order valence-corrected chi connectivity index (χ4v) is 2.33. The zero-order valence-electron chi connectivity index (χ0n) is 10.8. The van der Waals surface area contributed by atoms with Crippen molar-refractivity contribution in [3.05, 3.63) is 0 Å². The predicted molar refractivity (Wildman–Crippen MR) is 65.6 cm³/mol. The van der Waals surface area contributed by atoms with Crippen molar-refractivity contribution < 1.29 is 14.7 Å². The maximum absolute atomic E-state index is 12.0. The Bertz CT molecular complexity index is 282. The normalized spacial score (nSPS) is 19.9. The summed E-state index contributed by atoms with van der Waals surface area (Å²) < 4.78 is 0. The van der Waals surface area contributed by atoms with Crippen LogP contribution in [0.4, 0.5) is 0 Å². The minimum atomic E-state index is -0.772. The number of carboxylic acid groups (broad SMARTS) is 1. The minimum absolute atomic E-state index is 0.136. The molecule has 0 spiro atoms. The van der Waals surface area contributed by atoms with Crippen LogP contribution in [0.25, 0.3) is 0 Å². The number of rotatable bonds is 6. The molecule has 0 saturated heterocycles. The third-order valence-corrected chi connectivity index (χ3v) is 3.72. The Balaban J connectivity index is 2.25. The molecule has 0 aromatic heterocycles. The first-order valence-corrected chi connectivity index (χ1v) is 6.44. The molecule has 1 amide bonds. The van der Waals surface area contributed by atoms with Gasteiger partial charge in [-0.15, -0.1) is 0 Å². The lowest BCUT2D eigenvalue weighted by molar-refractivity contribution is -0.137. The molecule has 1 atom stereocenters. The molecule has 1 aliphatic carbocycles. The van der Waals surface area contributed by atoms with Crippen molar-refractivity contribution in [2.45, 2.75) is 52.4 Å². The maximum atomic E-state index is 12.0. The molecule has 1 rings (SSSR count). The van der Waals surface area contributed by atoms with E-state index in [1.54, 1.807) is 0 Å². The van der Waals surface area contributed by atoms with Gasteiger partial charge in [0.05, 0.1) is 0 Å². The van der Waals surface area contributed by atoms with E-state index in [0.29, 0.717) is 13.0 Å². The molecule has 0 aromatic rings. The second kappa shape index (κ2) is 6.03. The van der Waals surface area contributed by atoms with E-state index >= 15 is 0 Å². The van der Waals surface area contributed by atoms with E-state index in [-0.39, 0.29) is 23.7 Å². The molecule has 17 heavy (non-hydrogen) atoms. The van der Waals surface area contributed by atoms with E-state index in [9.17, 15) is 9.59 Å². The molecule has 0 radical (unpaired) electrons. The third kappa shape index (κ3) is 4.36. The number of nitrogens with one attached hydrogen (secondary N) is 1. The highest BCUT2D eigenvalue weighted by molar-refractivity contribution is 5.82. The molecule has 1 aliphatic rings. The minimum Gasteiger partial charge on any atom is -0.481 e. The van der Waals surface area contributed by atoms with Gasteiger partial charge in [0.15, 0.2) is 0 Å². The Morgan fingerprint density at radius 2 is 1.94 bits per heavy atom. The molecule has 98 valence electrons. The highest BCUT2D eigenvalue weighted by Gasteiger charge is 2.35. The number of amides is 1. The van der Waals surface area contributed by atoms with Crippen LogP contribution < -0.4 is 5.32 Å². The lowest BCUT2D eigenvalue weighted by atomic mass is 9.87. The molecule has 4 heteroatoms. The van der Waals surface area contributed by atoms with Gasteiger partial charge in [0.1, 0.15) is 0 Å². The number of hydrogen-bond acceptors (Lipinski definition) is 2. The Hall–Kier alpha value is -1.06. The lowest BCUT2D eigenvalue weighted by Crippen LogP contribution is -2.39. The van der Waals surface area contributed by atoms with Gasteiger partial charge in [0.2, 0.25) is 5.91 Å². The van der Waals surface area contributed by atoms with E-state index in [0.717, 1.165) is 25.7 Å². The molecule has 0 bridgehead atoms. The maximum Gasteiger partial charge on any atom is 0.303 e. The van der Waals surface area contributed by atoms with Crippen molar-refractivity contribution in [1.82, 2.24) is 5.32 Å². The van der Waals surface area contributed by atoms with Gasteiger partial charge in [-0.25, -0.2) is 0 Å². The van der Waals surface area contributed by atoms with Crippen LogP contribution in [0.15, 0.2) is 0 Å². The fraction of sp³-hybridized carbons (Fsp3) is 0.846. The summed E-state index contributed by atoms with van der Waals surface area (Å²) in [5, 5.41) is 11.5. The topological polar surface area (TPSA) is 66.4 Å². The van der Waals surface area contributed by atoms with Gasteiger partial charge in [-0.05, 0) is 25.2 Å². The molecule has 1 saturated carbocycles. The average Bonchev–Trinajstić information content (AvgIpc) is 2.71. The van der Waals surface area contributed by atoms with Gasteiger partial charge in [0, 0.05) is 18.4 Å². The Morgan fingerprint density at radius 1 is 1.35 bits per heavy atom. The Morgan fingerprint density at radius 3 is 2.47 bits per heavy atom. The van der Waals surface area contributed by atoms with Crippen LogP contribution in [0.5, 0.6) is 0 Å². The molecular weight excluding hydrogens is 218 g/mol. The Kier molecular flexibility index (Phi) is 4.97. The first-order valence-electron chi connectivity index (χ1n) is 6.44. The monoisotopic (exact) mass is 241 g/mol. The number of hydrogen-bond donors (Lipinski definition) is 2. The predicted octanol–water partition coefficient (Wildman–Crippen LogP) is 2.18. The van der Waals surface area contributed by atoms with Crippen LogP contribution in [0, 0.1) is 11.3 Å². The Labute approximate surface area is 103 Å². The molecule has 1 fully saturated rings. The van der Waals surface area contributed by atoms with Crippen LogP contribution >= 0.6 is 0 Å². The van der Waals surface area contributed by atoms with Gasteiger partial charge in [-0.2, -0.15) is 0 Å². The molecule has 4 nitrogen and oxygen atoms in total. The van der Waals surface area contributed by atoms with Crippen LogP contribution in [0.3, 0.4) is 0 Å². The molecule has 0 aliphatic heterocycles. The van der Waals surface area contributed by atoms with Gasteiger partial charge in [-0.3, -0.25) is 9.59 Å². The lowest BCUT2D eigenvalue weighted by Gasteiger charge is -2.23. The summed E-state index contributed by atoms with van der Waals surface area (Å²) in [7, 11) is 0. The van der Waals surface area contributed by atoms with Gasteiger partial charge in [0.25, 0.3) is 0 Å². The zero-order chi connectivity index (χ0) is 12.9. The van der Waals surface area contributed by atoms with Crippen molar-refractivity contribution >= 4 is 11.9 Å². The molecular formula is C13H23NO3. The molecule has 2 N–H and O–H groups in total. The van der Waals surface area contributed by atoms with E-state index in [4.69, 9.17) is 5.11 Å². The summed E-state index contributed by atoms with van der Waals surface area (Å²) in [5.41, 5.74) is -0.188. The van der Waals surface area contributed by atoms with E-state index in [2.05, 4.69) is 5.32 Å². The van der Waals surface area contributed by atoms with Crippen molar-refractivity contribution in [3.63, 3.8) is 0 Å². The van der Waals surface area contributed by atoms with E-state index in [1.807, 2.05) is 13.8 Å². The zero-order valence-corrected chi connectivity index (χ0v) is 10.8. The summed E-state index contributed by atoms with van der Waals surface area (Å²) in [4.78, 5) is 22.4. The SMILES string of the molecule is CC(CCC(=O)O)CNC(=O)C1(C)CCCC1. The average molecular weight is 241 g/mol. The van der Waals surface area contributed by atoms with Crippen molar-refractivity contribution in [2.75, 3.05) is 6.54 Å². The molecule has 1 unspecified atom stereocenters. The van der Waals surface area contributed by atoms with Gasteiger partial charge < -0.3 is 10.4 Å². The smallest absolute Gasteiger partial charge is 0.303 e. The first-order chi connectivity index (χ1) is 7.94. The van der Waals surface area contributed by atoms with Crippen molar-refractivity contribution in [2.24, 2.45) is 11.3 Å². The first kappa shape index (κ1) is 14.0. The summed E-state index contributed by atoms with van der Waals surface area (Å²) >= 11 is 0. The van der Waals surface area contributed by atoms with Crippen LogP contribution in [0.2, 0.25) is 0 Å². The number of carbonyl (C=O) groups excluding carboxylic acids is 1. The van der Waals surface area contributed by atoms with Gasteiger partial charge in [-0.1, -0.05) is 26.7 Å². The second-order valence-corrected chi connectivity index (χ2v) is 5.52. The van der Waals surface area contributed by atoms with E-state index < -0.39 is 5.97 Å².